The molecule has 2 saturated heterocycles. The van der Waals surface area contributed by atoms with Gasteiger partial charge in [-0.15, -0.1) is 0 Å². The van der Waals surface area contributed by atoms with Crippen LogP contribution >= 0.6 is 11.8 Å². The van der Waals surface area contributed by atoms with Gasteiger partial charge in [0.2, 0.25) is 0 Å². The van der Waals surface area contributed by atoms with Gasteiger partial charge < -0.3 is 5.32 Å². The minimum atomic E-state index is 0.680. The van der Waals surface area contributed by atoms with Crippen LogP contribution in [-0.4, -0.2) is 47.6 Å². The predicted molar refractivity (Wildman–Crippen MR) is 68.6 cm³/mol. The van der Waals surface area contributed by atoms with Crippen LogP contribution in [0.1, 0.15) is 33.1 Å². The first-order chi connectivity index (χ1) is 7.29. The summed E-state index contributed by atoms with van der Waals surface area (Å²) in [7, 11) is 0. The summed E-state index contributed by atoms with van der Waals surface area (Å²) in [6, 6.07) is 1.46. The largest absolute Gasteiger partial charge is 0.311 e. The van der Waals surface area contributed by atoms with E-state index in [4.69, 9.17) is 0 Å². The Morgan fingerprint density at radius 2 is 2.33 bits per heavy atom. The van der Waals surface area contributed by atoms with Gasteiger partial charge in [-0.3, -0.25) is 4.90 Å². The fourth-order valence-electron chi connectivity index (χ4n) is 2.71. The first kappa shape index (κ1) is 11.7. The molecule has 0 aromatic carbocycles. The van der Waals surface area contributed by atoms with Gasteiger partial charge in [-0.05, 0) is 31.9 Å². The van der Waals surface area contributed by atoms with Crippen LogP contribution in [0.2, 0.25) is 0 Å². The molecule has 0 saturated carbocycles. The number of hydrogen-bond acceptors (Lipinski definition) is 3. The van der Waals surface area contributed by atoms with Crippen molar-refractivity contribution in [3.8, 4) is 0 Å². The second-order valence-corrected chi connectivity index (χ2v) is 6.37. The third-order valence-electron chi connectivity index (χ3n) is 3.66. The first-order valence-electron chi connectivity index (χ1n) is 6.38. The number of piperazine rings is 1. The molecule has 2 rings (SSSR count). The highest BCUT2D eigenvalue weighted by Gasteiger charge is 2.27. The van der Waals surface area contributed by atoms with Gasteiger partial charge in [0.05, 0.1) is 0 Å². The van der Waals surface area contributed by atoms with Crippen molar-refractivity contribution in [3.05, 3.63) is 0 Å². The summed E-state index contributed by atoms with van der Waals surface area (Å²) in [5, 5.41) is 4.51. The van der Waals surface area contributed by atoms with Gasteiger partial charge in [0.1, 0.15) is 0 Å². The van der Waals surface area contributed by atoms with Crippen LogP contribution in [0.3, 0.4) is 0 Å². The zero-order valence-electron chi connectivity index (χ0n) is 10.0. The van der Waals surface area contributed by atoms with E-state index in [-0.39, 0.29) is 0 Å². The molecular weight excluding hydrogens is 204 g/mol. The lowest BCUT2D eigenvalue weighted by molar-refractivity contribution is 0.132. The molecule has 0 aromatic heterocycles. The monoisotopic (exact) mass is 228 g/mol. The Labute approximate surface area is 98.2 Å². The quantitative estimate of drug-likeness (QED) is 0.795. The number of nitrogens with one attached hydrogen (secondary N) is 1. The number of hydrogen-bond donors (Lipinski definition) is 1. The molecule has 15 heavy (non-hydrogen) atoms. The van der Waals surface area contributed by atoms with Crippen molar-refractivity contribution in [1.29, 1.82) is 0 Å². The van der Waals surface area contributed by atoms with Crippen LogP contribution in [0.4, 0.5) is 0 Å². The van der Waals surface area contributed by atoms with Crippen molar-refractivity contribution in [2.24, 2.45) is 0 Å². The molecule has 2 fully saturated rings. The van der Waals surface area contributed by atoms with E-state index >= 15 is 0 Å². The molecule has 0 spiro atoms. The Kier molecular flexibility index (Phi) is 4.35. The standard InChI is InChI=1S/C12H24N2S/c1-3-11-7-13-10(2)8-14(11)9-12-5-4-6-15-12/h10-13H,3-9H2,1-2H3. The van der Waals surface area contributed by atoms with Crippen molar-refractivity contribution < 1.29 is 0 Å². The molecule has 3 atom stereocenters. The molecule has 0 radical (unpaired) electrons. The minimum absolute atomic E-state index is 0.680. The van der Waals surface area contributed by atoms with E-state index in [9.17, 15) is 0 Å². The Hall–Kier alpha value is 0.270. The molecule has 0 aromatic rings. The van der Waals surface area contributed by atoms with Gasteiger partial charge in [-0.2, -0.15) is 11.8 Å². The Balaban J connectivity index is 1.85. The highest BCUT2D eigenvalue weighted by atomic mass is 32.2. The number of nitrogens with zero attached hydrogens (tertiary/aromatic N) is 1. The maximum Gasteiger partial charge on any atom is 0.0219 e. The van der Waals surface area contributed by atoms with Crippen LogP contribution in [0.15, 0.2) is 0 Å². The summed E-state index contributed by atoms with van der Waals surface area (Å²) in [5.41, 5.74) is 0. The fourth-order valence-corrected chi connectivity index (χ4v) is 4.00. The molecule has 3 heteroatoms. The molecule has 0 amide bonds. The molecule has 0 bridgehead atoms. The summed E-state index contributed by atoms with van der Waals surface area (Å²) in [4.78, 5) is 2.73. The van der Waals surface area contributed by atoms with Gasteiger partial charge >= 0.3 is 0 Å². The van der Waals surface area contributed by atoms with Crippen LogP contribution in [-0.2, 0) is 0 Å². The van der Waals surface area contributed by atoms with Crippen molar-refractivity contribution >= 4 is 11.8 Å². The van der Waals surface area contributed by atoms with Crippen molar-refractivity contribution in [3.63, 3.8) is 0 Å². The number of rotatable bonds is 3. The van der Waals surface area contributed by atoms with Crippen molar-refractivity contribution in [1.82, 2.24) is 10.2 Å². The first-order valence-corrected chi connectivity index (χ1v) is 7.43. The van der Waals surface area contributed by atoms with Gasteiger partial charge in [0.25, 0.3) is 0 Å². The smallest absolute Gasteiger partial charge is 0.0219 e. The van der Waals surface area contributed by atoms with E-state index in [0.29, 0.717) is 6.04 Å². The van der Waals surface area contributed by atoms with E-state index in [1.807, 2.05) is 0 Å². The Morgan fingerprint density at radius 3 is 3.00 bits per heavy atom. The third-order valence-corrected chi connectivity index (χ3v) is 5.04. The van der Waals surface area contributed by atoms with E-state index < -0.39 is 0 Å². The average molecular weight is 228 g/mol. The lowest BCUT2D eigenvalue weighted by atomic mass is 10.1. The molecule has 3 unspecified atom stereocenters. The maximum absolute atomic E-state index is 3.59. The summed E-state index contributed by atoms with van der Waals surface area (Å²) in [6.45, 7) is 8.39. The molecular formula is C12H24N2S. The zero-order valence-corrected chi connectivity index (χ0v) is 10.9. The second kappa shape index (κ2) is 5.55. The second-order valence-electron chi connectivity index (χ2n) is 4.96. The predicted octanol–water partition coefficient (Wildman–Crippen LogP) is 1.95. The topological polar surface area (TPSA) is 15.3 Å². The van der Waals surface area contributed by atoms with Crippen LogP contribution in [0.5, 0.6) is 0 Å². The lowest BCUT2D eigenvalue weighted by Gasteiger charge is -2.40. The molecule has 2 heterocycles. The summed E-state index contributed by atoms with van der Waals surface area (Å²) >= 11 is 2.19. The van der Waals surface area contributed by atoms with Crippen molar-refractivity contribution in [2.45, 2.75) is 50.4 Å². The lowest BCUT2D eigenvalue weighted by Crippen LogP contribution is -2.56. The molecule has 2 aliphatic rings. The highest BCUT2D eigenvalue weighted by molar-refractivity contribution is 8.00. The summed E-state index contributed by atoms with van der Waals surface area (Å²) in [5.74, 6) is 1.39. The summed E-state index contributed by atoms with van der Waals surface area (Å²) < 4.78 is 0. The molecule has 1 N–H and O–H groups in total. The SMILES string of the molecule is CCC1CNC(C)CN1CC1CCCS1. The van der Waals surface area contributed by atoms with Gasteiger partial charge in [-0.25, -0.2) is 0 Å². The van der Waals surface area contributed by atoms with E-state index in [0.717, 1.165) is 11.3 Å². The van der Waals surface area contributed by atoms with E-state index in [2.05, 4.69) is 35.8 Å². The highest BCUT2D eigenvalue weighted by Crippen LogP contribution is 2.28. The molecule has 88 valence electrons. The van der Waals surface area contributed by atoms with Gasteiger partial charge in [0.15, 0.2) is 0 Å². The van der Waals surface area contributed by atoms with Gasteiger partial charge in [-0.1, -0.05) is 6.92 Å². The van der Waals surface area contributed by atoms with E-state index in [1.165, 1.54) is 44.6 Å². The number of thioether (sulfide) groups is 1. The maximum atomic E-state index is 3.59. The third kappa shape index (κ3) is 3.11. The van der Waals surface area contributed by atoms with Crippen LogP contribution < -0.4 is 5.32 Å². The molecule has 0 aliphatic carbocycles. The van der Waals surface area contributed by atoms with Crippen LogP contribution in [0.25, 0.3) is 0 Å². The zero-order chi connectivity index (χ0) is 10.7. The molecule has 2 nitrogen and oxygen atoms in total. The Morgan fingerprint density at radius 1 is 1.47 bits per heavy atom. The van der Waals surface area contributed by atoms with Crippen LogP contribution in [0, 0.1) is 0 Å². The fraction of sp³-hybridized carbons (Fsp3) is 1.00. The molecule has 2 aliphatic heterocycles. The summed E-state index contributed by atoms with van der Waals surface area (Å²) in [6.07, 6.45) is 4.17. The van der Waals surface area contributed by atoms with Gasteiger partial charge in [0, 0.05) is 37.0 Å². The van der Waals surface area contributed by atoms with E-state index in [1.54, 1.807) is 0 Å². The van der Waals surface area contributed by atoms with Crippen molar-refractivity contribution in [2.75, 3.05) is 25.4 Å². The average Bonchev–Trinajstić information content (AvgIpc) is 2.71. The minimum Gasteiger partial charge on any atom is -0.311 e. The Bertz CT molecular complexity index is 192. The normalized spacial score (nSPS) is 38.4.